The molecule has 0 aromatic carbocycles. The van der Waals surface area contributed by atoms with Gasteiger partial charge in [0.2, 0.25) is 0 Å². The van der Waals surface area contributed by atoms with Crippen LogP contribution < -0.4 is 0 Å². The molecule has 1 N–H and O–H groups in total. The van der Waals surface area contributed by atoms with Crippen LogP contribution in [0.15, 0.2) is 0 Å². The second kappa shape index (κ2) is 7.55. The van der Waals surface area contributed by atoms with Gasteiger partial charge in [-0.1, -0.05) is 35.7 Å². The van der Waals surface area contributed by atoms with Gasteiger partial charge in [0.1, 0.15) is 0 Å². The van der Waals surface area contributed by atoms with Gasteiger partial charge in [-0.3, -0.25) is 0 Å². The van der Waals surface area contributed by atoms with Crippen LogP contribution in [0, 0.1) is 0 Å². The lowest BCUT2D eigenvalue weighted by atomic mass is 10.1. The Balaban J connectivity index is 2.89. The summed E-state index contributed by atoms with van der Waals surface area (Å²) in [6.45, 7) is 2.53. The van der Waals surface area contributed by atoms with Gasteiger partial charge in [-0.15, -0.1) is 0 Å². The number of halogens is 1. The van der Waals surface area contributed by atoms with E-state index < -0.39 is 0 Å². The van der Waals surface area contributed by atoms with Crippen LogP contribution in [0.4, 0.5) is 0 Å². The normalized spacial score (nSPS) is 13.5. The topological polar surface area (TPSA) is 20.2 Å². The standard InChI is InChI=1S/C8H17BrO/c1-2-8(9)6-4-3-5-7-10/h8,10H,2-7H2,1H3. The lowest BCUT2D eigenvalue weighted by molar-refractivity contribution is 0.282. The van der Waals surface area contributed by atoms with Crippen molar-refractivity contribution in [3.05, 3.63) is 0 Å². The lowest BCUT2D eigenvalue weighted by Crippen LogP contribution is -1.94. The van der Waals surface area contributed by atoms with Gasteiger partial charge in [0.15, 0.2) is 0 Å². The molecular weight excluding hydrogens is 192 g/mol. The highest BCUT2D eigenvalue weighted by atomic mass is 79.9. The van der Waals surface area contributed by atoms with Crippen molar-refractivity contribution in [3.8, 4) is 0 Å². The Morgan fingerprint density at radius 2 is 2.00 bits per heavy atom. The molecule has 0 spiro atoms. The minimum atomic E-state index is 0.346. The van der Waals surface area contributed by atoms with Crippen LogP contribution in [0.2, 0.25) is 0 Å². The Morgan fingerprint density at radius 1 is 1.30 bits per heavy atom. The summed E-state index contributed by atoms with van der Waals surface area (Å²) in [7, 11) is 0. The fourth-order valence-electron chi connectivity index (χ4n) is 0.859. The van der Waals surface area contributed by atoms with Gasteiger partial charge in [-0.2, -0.15) is 0 Å². The summed E-state index contributed by atoms with van der Waals surface area (Å²) in [6, 6.07) is 0. The Labute approximate surface area is 72.0 Å². The Hall–Kier alpha value is 0.440. The number of rotatable bonds is 6. The zero-order valence-electron chi connectivity index (χ0n) is 6.65. The molecule has 0 aromatic heterocycles. The van der Waals surface area contributed by atoms with Crippen LogP contribution in [-0.4, -0.2) is 16.5 Å². The van der Waals surface area contributed by atoms with E-state index in [2.05, 4.69) is 22.9 Å². The van der Waals surface area contributed by atoms with Crippen molar-refractivity contribution >= 4 is 15.9 Å². The van der Waals surface area contributed by atoms with Crippen LogP contribution in [0.1, 0.15) is 39.0 Å². The number of aliphatic hydroxyl groups excluding tert-OH is 1. The van der Waals surface area contributed by atoms with Crippen LogP contribution in [-0.2, 0) is 0 Å². The summed E-state index contributed by atoms with van der Waals surface area (Å²) in [5, 5.41) is 8.48. The monoisotopic (exact) mass is 208 g/mol. The van der Waals surface area contributed by atoms with Crippen molar-refractivity contribution in [3.63, 3.8) is 0 Å². The maximum atomic E-state index is 8.48. The van der Waals surface area contributed by atoms with E-state index in [0.717, 1.165) is 6.42 Å². The highest BCUT2D eigenvalue weighted by Gasteiger charge is 1.98. The molecule has 1 atom stereocenters. The average Bonchev–Trinajstić information content (AvgIpc) is 1.98. The SMILES string of the molecule is CCC(Br)CCCCCO. The summed E-state index contributed by atoms with van der Waals surface area (Å²) in [5.41, 5.74) is 0. The molecule has 0 aliphatic carbocycles. The number of alkyl halides is 1. The quantitative estimate of drug-likeness (QED) is 0.526. The first kappa shape index (κ1) is 10.4. The minimum absolute atomic E-state index is 0.346. The van der Waals surface area contributed by atoms with E-state index in [-0.39, 0.29) is 0 Å². The van der Waals surface area contributed by atoms with E-state index in [1.807, 2.05) is 0 Å². The van der Waals surface area contributed by atoms with Crippen LogP contribution in [0.25, 0.3) is 0 Å². The number of aliphatic hydroxyl groups is 1. The summed E-state index contributed by atoms with van der Waals surface area (Å²) < 4.78 is 0. The van der Waals surface area contributed by atoms with Gasteiger partial charge >= 0.3 is 0 Å². The fourth-order valence-corrected chi connectivity index (χ4v) is 1.18. The third-order valence-corrected chi connectivity index (χ3v) is 2.72. The molecule has 0 aliphatic heterocycles. The third kappa shape index (κ3) is 6.56. The number of hydrogen-bond acceptors (Lipinski definition) is 1. The molecule has 0 aliphatic rings. The maximum Gasteiger partial charge on any atom is 0.0431 e. The molecule has 0 bridgehead atoms. The first-order valence-electron chi connectivity index (χ1n) is 4.06. The smallest absolute Gasteiger partial charge is 0.0431 e. The highest BCUT2D eigenvalue weighted by Crippen LogP contribution is 2.13. The molecule has 62 valence electrons. The second-order valence-corrected chi connectivity index (χ2v) is 3.87. The van der Waals surface area contributed by atoms with E-state index in [9.17, 15) is 0 Å². The summed E-state index contributed by atoms with van der Waals surface area (Å²) in [5.74, 6) is 0. The van der Waals surface area contributed by atoms with Gasteiger partial charge in [0.25, 0.3) is 0 Å². The Morgan fingerprint density at radius 3 is 2.50 bits per heavy atom. The predicted molar refractivity (Wildman–Crippen MR) is 48.6 cm³/mol. The zero-order valence-corrected chi connectivity index (χ0v) is 8.23. The Bertz CT molecular complexity index is 66.3. The molecule has 1 unspecified atom stereocenters. The summed E-state index contributed by atoms with van der Waals surface area (Å²) in [4.78, 5) is 0.686. The predicted octanol–water partition coefficient (Wildman–Crippen LogP) is 2.71. The molecule has 10 heavy (non-hydrogen) atoms. The molecular formula is C8H17BrO. The van der Waals surface area contributed by atoms with E-state index in [0.29, 0.717) is 11.4 Å². The van der Waals surface area contributed by atoms with Crippen LogP contribution in [0.5, 0.6) is 0 Å². The van der Waals surface area contributed by atoms with Crippen LogP contribution in [0.3, 0.4) is 0 Å². The van der Waals surface area contributed by atoms with Crippen molar-refractivity contribution in [2.24, 2.45) is 0 Å². The van der Waals surface area contributed by atoms with Crippen LogP contribution >= 0.6 is 15.9 Å². The molecule has 0 radical (unpaired) electrons. The Kier molecular flexibility index (Phi) is 7.88. The zero-order chi connectivity index (χ0) is 7.82. The minimum Gasteiger partial charge on any atom is -0.396 e. The van der Waals surface area contributed by atoms with Crippen molar-refractivity contribution in [1.82, 2.24) is 0 Å². The van der Waals surface area contributed by atoms with E-state index >= 15 is 0 Å². The first-order chi connectivity index (χ1) is 4.81. The average molecular weight is 209 g/mol. The molecule has 0 fully saturated rings. The first-order valence-corrected chi connectivity index (χ1v) is 4.97. The van der Waals surface area contributed by atoms with E-state index in [1.165, 1.54) is 25.7 Å². The van der Waals surface area contributed by atoms with Gasteiger partial charge < -0.3 is 5.11 Å². The molecule has 0 heterocycles. The fraction of sp³-hybridized carbons (Fsp3) is 1.00. The highest BCUT2D eigenvalue weighted by molar-refractivity contribution is 9.09. The van der Waals surface area contributed by atoms with Gasteiger partial charge in [-0.05, 0) is 19.3 Å². The van der Waals surface area contributed by atoms with E-state index in [1.54, 1.807) is 0 Å². The lowest BCUT2D eigenvalue weighted by Gasteiger charge is -2.04. The number of unbranched alkanes of at least 4 members (excludes halogenated alkanes) is 2. The van der Waals surface area contributed by atoms with Crippen molar-refractivity contribution in [2.45, 2.75) is 43.9 Å². The number of hydrogen-bond donors (Lipinski definition) is 1. The van der Waals surface area contributed by atoms with Gasteiger partial charge in [-0.25, -0.2) is 0 Å². The molecule has 1 nitrogen and oxygen atoms in total. The molecule has 2 heteroatoms. The molecule has 0 saturated carbocycles. The largest absolute Gasteiger partial charge is 0.396 e. The van der Waals surface area contributed by atoms with Crippen molar-refractivity contribution < 1.29 is 5.11 Å². The maximum absolute atomic E-state index is 8.48. The molecule has 0 saturated heterocycles. The molecule has 0 rings (SSSR count). The summed E-state index contributed by atoms with van der Waals surface area (Å²) >= 11 is 3.57. The molecule has 0 aromatic rings. The summed E-state index contributed by atoms with van der Waals surface area (Å²) in [6.07, 6.45) is 5.82. The molecule has 0 amide bonds. The van der Waals surface area contributed by atoms with Gasteiger partial charge in [0, 0.05) is 11.4 Å². The third-order valence-electron chi connectivity index (χ3n) is 1.62. The van der Waals surface area contributed by atoms with Gasteiger partial charge in [0.05, 0.1) is 0 Å². The van der Waals surface area contributed by atoms with Crippen molar-refractivity contribution in [1.29, 1.82) is 0 Å². The second-order valence-electron chi connectivity index (χ2n) is 2.58. The van der Waals surface area contributed by atoms with E-state index in [4.69, 9.17) is 5.11 Å². The van der Waals surface area contributed by atoms with Crippen molar-refractivity contribution in [2.75, 3.05) is 6.61 Å².